The maximum Gasteiger partial charge on any atom is 0.246 e. The molecule has 8 heteroatoms. The van der Waals surface area contributed by atoms with Crippen LogP contribution in [-0.2, 0) is 6.54 Å². The first-order chi connectivity index (χ1) is 11.6. The summed E-state index contributed by atoms with van der Waals surface area (Å²) in [6.07, 6.45) is 5.35. The summed E-state index contributed by atoms with van der Waals surface area (Å²) in [5.74, 6) is 2.60. The Morgan fingerprint density at radius 1 is 1.20 bits per heavy atom. The maximum absolute atomic E-state index is 5.12. The molecule has 2 N–H and O–H groups in total. The number of nitrogens with one attached hydrogen (secondary N) is 2. The van der Waals surface area contributed by atoms with E-state index >= 15 is 0 Å². The summed E-state index contributed by atoms with van der Waals surface area (Å²) in [7, 11) is 1.78. The van der Waals surface area contributed by atoms with Gasteiger partial charge < -0.3 is 15.2 Å². The number of likely N-dealkylation sites (tertiary alicyclic amines) is 1. The van der Waals surface area contributed by atoms with Crippen LogP contribution in [0.1, 0.15) is 51.2 Å². The summed E-state index contributed by atoms with van der Waals surface area (Å²) in [4.78, 5) is 11.1. The number of aliphatic imine (C=N–C) groups is 1. The first kappa shape index (κ1) is 22.1. The van der Waals surface area contributed by atoms with Gasteiger partial charge in [-0.2, -0.15) is 4.98 Å². The van der Waals surface area contributed by atoms with Crippen molar-refractivity contribution in [1.29, 1.82) is 0 Å². The first-order valence-electron chi connectivity index (χ1n) is 9.08. The van der Waals surface area contributed by atoms with E-state index in [4.69, 9.17) is 4.52 Å². The number of guanidine groups is 1. The molecule has 25 heavy (non-hydrogen) atoms. The van der Waals surface area contributed by atoms with Crippen molar-refractivity contribution < 1.29 is 4.52 Å². The second-order valence-corrected chi connectivity index (χ2v) is 6.80. The van der Waals surface area contributed by atoms with E-state index < -0.39 is 0 Å². The molecule has 1 fully saturated rings. The molecule has 0 spiro atoms. The van der Waals surface area contributed by atoms with Crippen molar-refractivity contribution in [2.45, 2.75) is 59.0 Å². The Kier molecular flexibility index (Phi) is 10.3. The monoisotopic (exact) mass is 464 g/mol. The van der Waals surface area contributed by atoms with Crippen molar-refractivity contribution in [3.8, 4) is 0 Å². The Hall–Kier alpha value is -0.900. The molecular formula is C17H33IN6O. The topological polar surface area (TPSA) is 78.6 Å². The zero-order valence-corrected chi connectivity index (χ0v) is 18.2. The number of nitrogens with zero attached hydrogens (tertiary/aromatic N) is 4. The molecule has 1 unspecified atom stereocenters. The highest BCUT2D eigenvalue weighted by atomic mass is 127. The predicted molar refractivity (Wildman–Crippen MR) is 111 cm³/mol. The number of hydrogen-bond donors (Lipinski definition) is 2. The van der Waals surface area contributed by atoms with Gasteiger partial charge in [0.25, 0.3) is 0 Å². The van der Waals surface area contributed by atoms with E-state index in [-0.39, 0.29) is 24.0 Å². The van der Waals surface area contributed by atoms with E-state index in [1.807, 2.05) is 6.92 Å². The first-order valence-corrected chi connectivity index (χ1v) is 9.08. The fraction of sp³-hybridized carbons (Fsp3) is 0.824. The van der Waals surface area contributed by atoms with E-state index in [2.05, 4.69) is 44.5 Å². The van der Waals surface area contributed by atoms with Crippen molar-refractivity contribution in [3.63, 3.8) is 0 Å². The molecule has 0 bridgehead atoms. The van der Waals surface area contributed by atoms with Gasteiger partial charge in [0.2, 0.25) is 5.89 Å². The molecule has 0 amide bonds. The van der Waals surface area contributed by atoms with Gasteiger partial charge in [0.05, 0.1) is 6.54 Å². The fourth-order valence-electron chi connectivity index (χ4n) is 3.21. The lowest BCUT2D eigenvalue weighted by atomic mass is 10.0. The van der Waals surface area contributed by atoms with Gasteiger partial charge >= 0.3 is 0 Å². The Morgan fingerprint density at radius 3 is 2.40 bits per heavy atom. The Morgan fingerprint density at radius 2 is 1.88 bits per heavy atom. The summed E-state index contributed by atoms with van der Waals surface area (Å²) in [5, 5.41) is 10.5. The van der Waals surface area contributed by atoms with Crippen LogP contribution in [-0.4, -0.2) is 53.7 Å². The van der Waals surface area contributed by atoms with Gasteiger partial charge in [0, 0.05) is 19.6 Å². The molecule has 1 aromatic heterocycles. The number of aryl methyl sites for hydroxylation is 1. The van der Waals surface area contributed by atoms with Crippen molar-refractivity contribution in [3.05, 3.63) is 11.7 Å². The molecule has 1 saturated heterocycles. The number of aromatic nitrogens is 2. The van der Waals surface area contributed by atoms with Crippen LogP contribution in [0.25, 0.3) is 0 Å². The van der Waals surface area contributed by atoms with Gasteiger partial charge in [0.15, 0.2) is 11.8 Å². The standard InChI is InChI=1S/C17H32N6O.HI/c1-13(2)15(23-9-7-5-6-8-10-23)11-19-17(18-4)20-12-16-21-14(3)22-24-16;/h13,15H,5-12H2,1-4H3,(H2,18,19,20);1H. The van der Waals surface area contributed by atoms with Gasteiger partial charge in [-0.15, -0.1) is 24.0 Å². The minimum absolute atomic E-state index is 0. The molecule has 1 aliphatic rings. The second kappa shape index (κ2) is 11.7. The highest BCUT2D eigenvalue weighted by Gasteiger charge is 2.22. The fourth-order valence-corrected chi connectivity index (χ4v) is 3.21. The van der Waals surface area contributed by atoms with Crippen LogP contribution in [0.15, 0.2) is 9.52 Å². The van der Waals surface area contributed by atoms with E-state index in [0.29, 0.717) is 30.2 Å². The minimum atomic E-state index is 0. The largest absolute Gasteiger partial charge is 0.355 e. The lowest BCUT2D eigenvalue weighted by molar-refractivity contribution is 0.161. The summed E-state index contributed by atoms with van der Waals surface area (Å²) in [6, 6.07) is 0.521. The third-order valence-electron chi connectivity index (χ3n) is 4.56. The second-order valence-electron chi connectivity index (χ2n) is 6.80. The molecule has 0 aliphatic carbocycles. The zero-order chi connectivity index (χ0) is 17.4. The van der Waals surface area contributed by atoms with Crippen LogP contribution in [0.5, 0.6) is 0 Å². The third-order valence-corrected chi connectivity index (χ3v) is 4.56. The normalized spacial score (nSPS) is 17.7. The van der Waals surface area contributed by atoms with Crippen molar-refractivity contribution in [1.82, 2.24) is 25.7 Å². The SMILES string of the molecule is CN=C(NCc1nc(C)no1)NCC(C(C)C)N1CCCCCC1.I. The number of hydrogen-bond acceptors (Lipinski definition) is 5. The zero-order valence-electron chi connectivity index (χ0n) is 15.9. The number of halogens is 1. The van der Waals surface area contributed by atoms with Crippen LogP contribution in [0.4, 0.5) is 0 Å². The van der Waals surface area contributed by atoms with Crippen LogP contribution in [0.3, 0.4) is 0 Å². The molecular weight excluding hydrogens is 431 g/mol. The average molecular weight is 464 g/mol. The molecule has 7 nitrogen and oxygen atoms in total. The third kappa shape index (κ3) is 7.47. The van der Waals surface area contributed by atoms with Crippen LogP contribution in [0.2, 0.25) is 0 Å². The van der Waals surface area contributed by atoms with E-state index in [0.717, 1.165) is 12.5 Å². The van der Waals surface area contributed by atoms with E-state index in [1.54, 1.807) is 7.05 Å². The smallest absolute Gasteiger partial charge is 0.246 e. The molecule has 0 saturated carbocycles. The maximum atomic E-state index is 5.12. The van der Waals surface area contributed by atoms with Crippen LogP contribution >= 0.6 is 24.0 Å². The van der Waals surface area contributed by atoms with Gasteiger partial charge in [-0.25, -0.2) is 0 Å². The average Bonchev–Trinajstić information content (AvgIpc) is 2.81. The number of rotatable bonds is 6. The van der Waals surface area contributed by atoms with Gasteiger partial charge in [-0.1, -0.05) is 31.8 Å². The highest BCUT2D eigenvalue weighted by molar-refractivity contribution is 14.0. The molecule has 0 radical (unpaired) electrons. The lowest BCUT2D eigenvalue weighted by Crippen LogP contribution is -2.49. The summed E-state index contributed by atoms with van der Waals surface area (Å²) in [5.41, 5.74) is 0. The van der Waals surface area contributed by atoms with Crippen LogP contribution in [0, 0.1) is 12.8 Å². The van der Waals surface area contributed by atoms with Gasteiger partial charge in [-0.05, 0) is 38.8 Å². The Balaban J connectivity index is 0.00000312. The summed E-state index contributed by atoms with van der Waals surface area (Å²) >= 11 is 0. The lowest BCUT2D eigenvalue weighted by Gasteiger charge is -2.34. The van der Waals surface area contributed by atoms with Crippen molar-refractivity contribution >= 4 is 29.9 Å². The predicted octanol–water partition coefficient (Wildman–Crippen LogP) is 2.56. The molecule has 2 heterocycles. The van der Waals surface area contributed by atoms with E-state index in [1.165, 1.54) is 38.8 Å². The van der Waals surface area contributed by atoms with E-state index in [9.17, 15) is 0 Å². The molecule has 2 rings (SSSR count). The molecule has 1 aliphatic heterocycles. The minimum Gasteiger partial charge on any atom is -0.355 e. The molecule has 0 aromatic carbocycles. The van der Waals surface area contributed by atoms with Crippen LogP contribution < -0.4 is 10.6 Å². The summed E-state index contributed by atoms with van der Waals surface area (Å²) in [6.45, 7) is 10.2. The molecule has 144 valence electrons. The van der Waals surface area contributed by atoms with Crippen molar-refractivity contribution in [2.75, 3.05) is 26.7 Å². The van der Waals surface area contributed by atoms with Crippen molar-refractivity contribution in [2.24, 2.45) is 10.9 Å². The highest BCUT2D eigenvalue weighted by Crippen LogP contribution is 2.17. The molecule has 1 aromatic rings. The summed E-state index contributed by atoms with van der Waals surface area (Å²) < 4.78 is 5.12. The van der Waals surface area contributed by atoms with Gasteiger partial charge in [-0.3, -0.25) is 9.89 Å². The molecule has 1 atom stereocenters. The van der Waals surface area contributed by atoms with Gasteiger partial charge in [0.1, 0.15) is 0 Å². The Labute approximate surface area is 168 Å². The Bertz CT molecular complexity index is 511. The quantitative estimate of drug-likeness (QED) is 0.383.